The van der Waals surface area contributed by atoms with E-state index in [2.05, 4.69) is 50.4 Å². The molecule has 1 unspecified atom stereocenters. The van der Waals surface area contributed by atoms with Gasteiger partial charge in [0.2, 0.25) is 0 Å². The normalized spacial score (nSPS) is 14.2. The Kier molecular flexibility index (Phi) is 3.27. The maximum atomic E-state index is 6.52. The zero-order valence-corrected chi connectivity index (χ0v) is 11.5. The summed E-state index contributed by atoms with van der Waals surface area (Å²) in [6.45, 7) is 6.70. The molecule has 86 valence electrons. The van der Waals surface area contributed by atoms with Gasteiger partial charge < -0.3 is 0 Å². The van der Waals surface area contributed by atoms with Crippen molar-refractivity contribution in [3.8, 4) is 0 Å². The fraction of sp³-hybridized carbons (Fsp3) is 0.429. The highest BCUT2D eigenvalue weighted by molar-refractivity contribution is 7.17. The monoisotopic (exact) mass is 252 g/mol. The second-order valence-corrected chi connectivity index (χ2v) is 6.86. The van der Waals surface area contributed by atoms with Crippen LogP contribution in [-0.4, -0.2) is 0 Å². The lowest BCUT2D eigenvalue weighted by molar-refractivity contribution is 0.373. The van der Waals surface area contributed by atoms with Crippen LogP contribution in [0.2, 0.25) is 0 Å². The first kappa shape index (κ1) is 11.9. The van der Waals surface area contributed by atoms with Gasteiger partial charge in [0.1, 0.15) is 0 Å². The first-order chi connectivity index (χ1) is 7.47. The number of thiophene rings is 1. The lowest BCUT2D eigenvalue weighted by atomic mass is 9.88. The van der Waals surface area contributed by atoms with E-state index in [4.69, 9.17) is 11.6 Å². The smallest absolute Gasteiger partial charge is 0.0604 e. The second kappa shape index (κ2) is 4.38. The summed E-state index contributed by atoms with van der Waals surface area (Å²) in [5.74, 6) is 0. The first-order valence-corrected chi connectivity index (χ1v) is 6.89. The zero-order chi connectivity index (χ0) is 11.8. The minimum Gasteiger partial charge on any atom is -0.143 e. The van der Waals surface area contributed by atoms with Gasteiger partial charge in [-0.15, -0.1) is 22.9 Å². The van der Waals surface area contributed by atoms with E-state index < -0.39 is 0 Å². The molecule has 16 heavy (non-hydrogen) atoms. The molecule has 1 aromatic carbocycles. The van der Waals surface area contributed by atoms with E-state index in [9.17, 15) is 0 Å². The van der Waals surface area contributed by atoms with Gasteiger partial charge in [-0.05, 0) is 34.2 Å². The van der Waals surface area contributed by atoms with Crippen molar-refractivity contribution in [3.63, 3.8) is 0 Å². The Labute approximate surface area is 106 Å². The molecule has 2 heteroatoms. The minimum absolute atomic E-state index is 0.121. The van der Waals surface area contributed by atoms with E-state index >= 15 is 0 Å². The Hall–Kier alpha value is -0.530. The van der Waals surface area contributed by atoms with Gasteiger partial charge in [-0.1, -0.05) is 39.0 Å². The fourth-order valence-electron chi connectivity index (χ4n) is 1.89. The second-order valence-electron chi connectivity index (χ2n) is 5.42. The zero-order valence-electron chi connectivity index (χ0n) is 9.96. The summed E-state index contributed by atoms with van der Waals surface area (Å²) in [6, 6.07) is 8.48. The van der Waals surface area contributed by atoms with E-state index in [1.807, 2.05) is 0 Å². The molecule has 0 bridgehead atoms. The molecule has 2 aromatic rings. The molecule has 0 spiro atoms. The highest BCUT2D eigenvalue weighted by atomic mass is 35.5. The third kappa shape index (κ3) is 2.58. The number of rotatable bonds is 2. The van der Waals surface area contributed by atoms with Crippen molar-refractivity contribution in [3.05, 3.63) is 35.2 Å². The summed E-state index contributed by atoms with van der Waals surface area (Å²) in [5, 5.41) is 3.64. The molecule has 0 aliphatic carbocycles. The van der Waals surface area contributed by atoms with Crippen molar-refractivity contribution in [1.29, 1.82) is 0 Å². The van der Waals surface area contributed by atoms with E-state index in [-0.39, 0.29) is 10.8 Å². The SMILES string of the molecule is CC(C)(C)CC(Cl)c1csc2ccccc12. The van der Waals surface area contributed by atoms with Crippen molar-refractivity contribution in [2.75, 3.05) is 0 Å². The van der Waals surface area contributed by atoms with Crippen LogP contribution in [0.25, 0.3) is 10.1 Å². The molecule has 1 heterocycles. The number of fused-ring (bicyclic) bond motifs is 1. The van der Waals surface area contributed by atoms with E-state index in [0.29, 0.717) is 0 Å². The van der Waals surface area contributed by atoms with Crippen molar-refractivity contribution >= 4 is 33.0 Å². The van der Waals surface area contributed by atoms with Crippen LogP contribution in [0.3, 0.4) is 0 Å². The summed E-state index contributed by atoms with van der Waals surface area (Å²) in [5.41, 5.74) is 1.56. The molecule has 0 saturated carbocycles. The highest BCUT2D eigenvalue weighted by Gasteiger charge is 2.20. The van der Waals surface area contributed by atoms with Gasteiger partial charge in [0.05, 0.1) is 5.38 Å². The van der Waals surface area contributed by atoms with Gasteiger partial charge in [0, 0.05) is 4.70 Å². The topological polar surface area (TPSA) is 0 Å². The predicted molar refractivity (Wildman–Crippen MR) is 74.5 cm³/mol. The molecule has 0 nitrogen and oxygen atoms in total. The van der Waals surface area contributed by atoms with Crippen molar-refractivity contribution < 1.29 is 0 Å². The van der Waals surface area contributed by atoms with E-state index in [1.54, 1.807) is 11.3 Å². The minimum atomic E-state index is 0.121. The van der Waals surface area contributed by atoms with Gasteiger partial charge in [-0.25, -0.2) is 0 Å². The van der Waals surface area contributed by atoms with Gasteiger partial charge in [0.25, 0.3) is 0 Å². The van der Waals surface area contributed by atoms with Gasteiger partial charge in [-0.2, -0.15) is 0 Å². The molecule has 0 radical (unpaired) electrons. The summed E-state index contributed by atoms with van der Waals surface area (Å²) < 4.78 is 1.33. The van der Waals surface area contributed by atoms with Crippen molar-refractivity contribution in [1.82, 2.24) is 0 Å². The summed E-state index contributed by atoms with van der Waals surface area (Å²) in [7, 11) is 0. The molecule has 1 aromatic heterocycles. The van der Waals surface area contributed by atoms with E-state index in [0.717, 1.165) is 6.42 Å². The number of halogens is 1. The Bertz CT molecular complexity index is 479. The maximum Gasteiger partial charge on any atom is 0.0604 e. The molecular formula is C14H17ClS. The quantitative estimate of drug-likeness (QED) is 0.609. The van der Waals surface area contributed by atoms with Crippen LogP contribution in [0.4, 0.5) is 0 Å². The Morgan fingerprint density at radius 3 is 2.62 bits per heavy atom. The molecule has 0 aliphatic rings. The third-order valence-electron chi connectivity index (χ3n) is 2.64. The van der Waals surface area contributed by atoms with Crippen LogP contribution in [-0.2, 0) is 0 Å². The van der Waals surface area contributed by atoms with Crippen LogP contribution >= 0.6 is 22.9 Å². The van der Waals surface area contributed by atoms with Crippen LogP contribution in [0.5, 0.6) is 0 Å². The summed E-state index contributed by atoms with van der Waals surface area (Å²) >= 11 is 8.30. The number of hydrogen-bond donors (Lipinski definition) is 0. The van der Waals surface area contributed by atoms with Crippen LogP contribution in [0.1, 0.15) is 38.1 Å². The first-order valence-electron chi connectivity index (χ1n) is 5.57. The molecule has 1 atom stereocenters. The molecule has 2 rings (SSSR count). The Morgan fingerprint density at radius 2 is 1.94 bits per heavy atom. The van der Waals surface area contributed by atoms with Crippen LogP contribution < -0.4 is 0 Å². The van der Waals surface area contributed by atoms with Gasteiger partial charge in [-0.3, -0.25) is 0 Å². The number of hydrogen-bond acceptors (Lipinski definition) is 1. The maximum absolute atomic E-state index is 6.52. The van der Waals surface area contributed by atoms with E-state index in [1.165, 1.54) is 15.6 Å². The number of benzene rings is 1. The molecule has 0 saturated heterocycles. The lowest BCUT2D eigenvalue weighted by Crippen LogP contribution is -2.08. The molecule has 0 aliphatic heterocycles. The lowest BCUT2D eigenvalue weighted by Gasteiger charge is -2.21. The third-order valence-corrected chi connectivity index (χ3v) is 4.01. The fourth-order valence-corrected chi connectivity index (χ4v) is 3.62. The average molecular weight is 253 g/mol. The Balaban J connectivity index is 2.33. The molecule has 0 amide bonds. The van der Waals surface area contributed by atoms with Gasteiger partial charge >= 0.3 is 0 Å². The van der Waals surface area contributed by atoms with Gasteiger partial charge in [0.15, 0.2) is 0 Å². The largest absolute Gasteiger partial charge is 0.143 e. The number of alkyl halides is 1. The summed E-state index contributed by atoms with van der Waals surface area (Å²) in [4.78, 5) is 0. The van der Waals surface area contributed by atoms with Crippen molar-refractivity contribution in [2.45, 2.75) is 32.6 Å². The summed E-state index contributed by atoms with van der Waals surface area (Å²) in [6.07, 6.45) is 1.01. The highest BCUT2D eigenvalue weighted by Crippen LogP contribution is 2.39. The molecular weight excluding hydrogens is 236 g/mol. The van der Waals surface area contributed by atoms with Crippen LogP contribution in [0, 0.1) is 5.41 Å². The van der Waals surface area contributed by atoms with Crippen LogP contribution in [0.15, 0.2) is 29.6 Å². The standard InChI is InChI=1S/C14H17ClS/c1-14(2,3)8-12(15)11-9-16-13-7-5-4-6-10(11)13/h4-7,9,12H,8H2,1-3H3. The average Bonchev–Trinajstić information content (AvgIpc) is 2.58. The molecule has 0 N–H and O–H groups in total. The van der Waals surface area contributed by atoms with Crippen molar-refractivity contribution in [2.24, 2.45) is 5.41 Å². The molecule has 0 fully saturated rings. The Morgan fingerprint density at radius 1 is 1.25 bits per heavy atom. The predicted octanol–water partition coefficient (Wildman–Crippen LogP) is 5.62.